The smallest absolute Gasteiger partial charge is 0.227 e. The SMILES string of the molecule is CNc1cc(C2CCCN(C(=O)C(C)(C)C)C2)nc(-c2cccnc2)n1. The highest BCUT2D eigenvalue weighted by atomic mass is 16.2. The highest BCUT2D eigenvalue weighted by molar-refractivity contribution is 5.81. The average molecular weight is 353 g/mol. The van der Waals surface area contributed by atoms with Crippen LogP contribution in [-0.2, 0) is 4.79 Å². The van der Waals surface area contributed by atoms with Gasteiger partial charge in [0.05, 0.1) is 5.69 Å². The van der Waals surface area contributed by atoms with Crippen LogP contribution >= 0.6 is 0 Å². The molecule has 1 amide bonds. The molecule has 0 aliphatic carbocycles. The van der Waals surface area contributed by atoms with Crippen molar-refractivity contribution in [2.24, 2.45) is 5.41 Å². The summed E-state index contributed by atoms with van der Waals surface area (Å²) in [7, 11) is 1.86. The largest absolute Gasteiger partial charge is 0.373 e. The Balaban J connectivity index is 1.89. The van der Waals surface area contributed by atoms with Crippen molar-refractivity contribution in [3.05, 3.63) is 36.3 Å². The fourth-order valence-corrected chi connectivity index (χ4v) is 3.30. The topological polar surface area (TPSA) is 71.0 Å². The van der Waals surface area contributed by atoms with Gasteiger partial charge in [0.1, 0.15) is 5.82 Å². The molecule has 0 spiro atoms. The van der Waals surface area contributed by atoms with Gasteiger partial charge in [-0.2, -0.15) is 0 Å². The van der Waals surface area contributed by atoms with Crippen LogP contribution in [0, 0.1) is 5.41 Å². The number of aromatic nitrogens is 3. The van der Waals surface area contributed by atoms with Gasteiger partial charge >= 0.3 is 0 Å². The zero-order valence-electron chi connectivity index (χ0n) is 16.0. The number of carbonyl (C=O) groups is 1. The van der Waals surface area contributed by atoms with Crippen molar-refractivity contribution in [2.75, 3.05) is 25.5 Å². The van der Waals surface area contributed by atoms with Crippen LogP contribution in [0.15, 0.2) is 30.6 Å². The Labute approximate surface area is 155 Å². The Morgan fingerprint density at radius 3 is 2.77 bits per heavy atom. The number of anilines is 1. The maximum Gasteiger partial charge on any atom is 0.227 e. The second-order valence-electron chi connectivity index (χ2n) is 7.83. The molecule has 0 radical (unpaired) electrons. The van der Waals surface area contributed by atoms with Crippen LogP contribution in [-0.4, -0.2) is 45.9 Å². The number of likely N-dealkylation sites (tertiary alicyclic amines) is 1. The number of nitrogens with one attached hydrogen (secondary N) is 1. The van der Waals surface area contributed by atoms with E-state index in [9.17, 15) is 4.79 Å². The lowest BCUT2D eigenvalue weighted by Crippen LogP contribution is -2.44. The molecule has 1 aliphatic heterocycles. The first kappa shape index (κ1) is 18.3. The maximum absolute atomic E-state index is 12.7. The van der Waals surface area contributed by atoms with Gasteiger partial charge in [0.2, 0.25) is 5.91 Å². The van der Waals surface area contributed by atoms with E-state index in [4.69, 9.17) is 4.98 Å². The van der Waals surface area contributed by atoms with E-state index in [0.29, 0.717) is 12.4 Å². The lowest BCUT2D eigenvalue weighted by atomic mass is 9.90. The third-order valence-electron chi connectivity index (χ3n) is 4.69. The molecular weight excluding hydrogens is 326 g/mol. The van der Waals surface area contributed by atoms with Crippen molar-refractivity contribution in [1.82, 2.24) is 19.9 Å². The Morgan fingerprint density at radius 1 is 1.31 bits per heavy atom. The van der Waals surface area contributed by atoms with Crippen LogP contribution in [0.1, 0.15) is 45.2 Å². The third-order valence-corrected chi connectivity index (χ3v) is 4.69. The molecule has 0 bridgehead atoms. The van der Waals surface area contributed by atoms with Crippen LogP contribution in [0.5, 0.6) is 0 Å². The second-order valence-corrected chi connectivity index (χ2v) is 7.83. The Hall–Kier alpha value is -2.50. The molecule has 1 saturated heterocycles. The number of nitrogens with zero attached hydrogens (tertiary/aromatic N) is 4. The van der Waals surface area contributed by atoms with Crippen molar-refractivity contribution in [1.29, 1.82) is 0 Å². The molecule has 3 heterocycles. The molecular formula is C20H27N5O. The summed E-state index contributed by atoms with van der Waals surface area (Å²) >= 11 is 0. The number of carbonyl (C=O) groups excluding carboxylic acids is 1. The third kappa shape index (κ3) is 4.00. The Morgan fingerprint density at radius 2 is 2.12 bits per heavy atom. The lowest BCUT2D eigenvalue weighted by molar-refractivity contribution is -0.140. The molecule has 1 fully saturated rings. The first-order valence-corrected chi connectivity index (χ1v) is 9.15. The van der Waals surface area contributed by atoms with E-state index in [1.165, 1.54) is 0 Å². The summed E-state index contributed by atoms with van der Waals surface area (Å²) in [5.41, 5.74) is 1.52. The van der Waals surface area contributed by atoms with Crippen molar-refractivity contribution < 1.29 is 4.79 Å². The molecule has 26 heavy (non-hydrogen) atoms. The summed E-state index contributed by atoms with van der Waals surface area (Å²) in [5, 5.41) is 3.12. The summed E-state index contributed by atoms with van der Waals surface area (Å²) in [5.74, 6) is 1.88. The fraction of sp³-hybridized carbons (Fsp3) is 0.500. The zero-order chi connectivity index (χ0) is 18.7. The van der Waals surface area contributed by atoms with Crippen LogP contribution in [0.4, 0.5) is 5.82 Å². The van der Waals surface area contributed by atoms with E-state index >= 15 is 0 Å². The Kier molecular flexibility index (Phi) is 5.20. The maximum atomic E-state index is 12.7. The van der Waals surface area contributed by atoms with E-state index in [0.717, 1.165) is 36.5 Å². The van der Waals surface area contributed by atoms with Gasteiger partial charge in [-0.15, -0.1) is 0 Å². The van der Waals surface area contributed by atoms with E-state index in [-0.39, 0.29) is 17.2 Å². The molecule has 2 aromatic rings. The predicted molar refractivity (Wildman–Crippen MR) is 103 cm³/mol. The predicted octanol–water partition coefficient (Wildman–Crippen LogP) is 3.33. The molecule has 6 nitrogen and oxygen atoms in total. The molecule has 138 valence electrons. The first-order valence-electron chi connectivity index (χ1n) is 9.15. The Bertz CT molecular complexity index is 770. The second kappa shape index (κ2) is 7.40. The van der Waals surface area contributed by atoms with Crippen molar-refractivity contribution in [3.63, 3.8) is 0 Å². The minimum absolute atomic E-state index is 0.206. The zero-order valence-corrected chi connectivity index (χ0v) is 16.0. The summed E-state index contributed by atoms with van der Waals surface area (Å²) in [4.78, 5) is 28.2. The average Bonchev–Trinajstić information content (AvgIpc) is 2.67. The molecule has 2 aromatic heterocycles. The molecule has 1 N–H and O–H groups in total. The molecule has 6 heteroatoms. The first-order chi connectivity index (χ1) is 12.4. The normalized spacial score (nSPS) is 17.8. The molecule has 3 rings (SSSR count). The van der Waals surface area contributed by atoms with Crippen LogP contribution in [0.3, 0.4) is 0 Å². The van der Waals surface area contributed by atoms with Gasteiger partial charge in [0.15, 0.2) is 5.82 Å². The summed E-state index contributed by atoms with van der Waals surface area (Å²) in [6, 6.07) is 5.84. The number of rotatable bonds is 3. The molecule has 0 aromatic carbocycles. The monoisotopic (exact) mass is 353 g/mol. The van der Waals surface area contributed by atoms with E-state index < -0.39 is 0 Å². The van der Waals surface area contributed by atoms with Crippen LogP contribution in [0.25, 0.3) is 11.4 Å². The molecule has 0 saturated carbocycles. The number of hydrogen-bond acceptors (Lipinski definition) is 5. The van der Waals surface area contributed by atoms with Gasteiger partial charge in [0.25, 0.3) is 0 Å². The standard InChI is InChI=1S/C20H27N5O/c1-20(2,3)19(26)25-10-6-8-15(13-25)16-11-17(21-4)24-18(23-16)14-7-5-9-22-12-14/h5,7,9,11-12,15H,6,8,10,13H2,1-4H3,(H,21,23,24). The minimum Gasteiger partial charge on any atom is -0.373 e. The molecule has 1 aliphatic rings. The van der Waals surface area contributed by atoms with Gasteiger partial charge in [0, 0.05) is 55.5 Å². The lowest BCUT2D eigenvalue weighted by Gasteiger charge is -2.36. The van der Waals surface area contributed by atoms with Crippen LogP contribution in [0.2, 0.25) is 0 Å². The molecule has 1 unspecified atom stereocenters. The van der Waals surface area contributed by atoms with Crippen molar-refractivity contribution in [3.8, 4) is 11.4 Å². The van der Waals surface area contributed by atoms with Crippen molar-refractivity contribution in [2.45, 2.75) is 39.5 Å². The summed E-state index contributed by atoms with van der Waals surface area (Å²) in [6.45, 7) is 7.46. The highest BCUT2D eigenvalue weighted by Gasteiger charge is 2.32. The quantitative estimate of drug-likeness (QED) is 0.916. The number of piperidine rings is 1. The number of pyridine rings is 1. The highest BCUT2D eigenvalue weighted by Crippen LogP contribution is 2.30. The van der Waals surface area contributed by atoms with E-state index in [1.54, 1.807) is 12.4 Å². The number of amides is 1. The van der Waals surface area contributed by atoms with Crippen LogP contribution < -0.4 is 5.32 Å². The van der Waals surface area contributed by atoms with Gasteiger partial charge in [-0.1, -0.05) is 20.8 Å². The van der Waals surface area contributed by atoms with Crippen molar-refractivity contribution >= 4 is 11.7 Å². The summed E-state index contributed by atoms with van der Waals surface area (Å²) in [6.07, 6.45) is 5.53. The van der Waals surface area contributed by atoms with Gasteiger partial charge < -0.3 is 10.2 Å². The minimum atomic E-state index is -0.357. The van der Waals surface area contributed by atoms with Gasteiger partial charge in [-0.05, 0) is 25.0 Å². The molecule has 1 atom stereocenters. The van der Waals surface area contributed by atoms with Gasteiger partial charge in [-0.3, -0.25) is 9.78 Å². The van der Waals surface area contributed by atoms with Gasteiger partial charge in [-0.25, -0.2) is 9.97 Å². The number of hydrogen-bond donors (Lipinski definition) is 1. The van der Waals surface area contributed by atoms with E-state index in [2.05, 4.69) is 15.3 Å². The summed E-state index contributed by atoms with van der Waals surface area (Å²) < 4.78 is 0. The fourth-order valence-electron chi connectivity index (χ4n) is 3.30. The van der Waals surface area contributed by atoms with E-state index in [1.807, 2.05) is 50.9 Å².